The molecule has 0 radical (unpaired) electrons. The number of amides is 1. The minimum absolute atomic E-state index is 0.282. The van der Waals surface area contributed by atoms with Gasteiger partial charge in [0.25, 0.3) is 0 Å². The highest BCUT2D eigenvalue weighted by atomic mass is 16.5. The molecule has 0 saturated carbocycles. The van der Waals surface area contributed by atoms with Crippen molar-refractivity contribution in [3.63, 3.8) is 0 Å². The van der Waals surface area contributed by atoms with Crippen LogP contribution in [0.15, 0.2) is 85.2 Å². The molecule has 4 aromatic rings. The molecule has 0 unspecified atom stereocenters. The van der Waals surface area contributed by atoms with Crippen LogP contribution in [-0.2, 0) is 17.8 Å². The minimum Gasteiger partial charge on any atom is -0.489 e. The van der Waals surface area contributed by atoms with Crippen LogP contribution < -0.4 is 25.6 Å². The van der Waals surface area contributed by atoms with Crippen LogP contribution >= 0.6 is 0 Å². The second-order valence-electron chi connectivity index (χ2n) is 8.78. The molecule has 0 bridgehead atoms. The third-order valence-electron chi connectivity index (χ3n) is 6.01. The number of carboxylic acid groups (broad SMARTS) is 1. The van der Waals surface area contributed by atoms with E-state index in [4.69, 9.17) is 15.2 Å². The van der Waals surface area contributed by atoms with Crippen molar-refractivity contribution in [3.05, 3.63) is 96.3 Å². The van der Waals surface area contributed by atoms with Crippen molar-refractivity contribution in [2.24, 2.45) is 0 Å². The molecular weight excluding hydrogens is 496 g/mol. The Morgan fingerprint density at radius 3 is 2.18 bits per heavy atom. The fourth-order valence-corrected chi connectivity index (χ4v) is 4.01. The van der Waals surface area contributed by atoms with E-state index < -0.39 is 6.09 Å². The SMILES string of the molecule is COCCOc1ccc(Nc2ncnc(N(Cc3ccccc3)Cc3ccccc3)c2N)cc1N(C)C(=O)O. The summed E-state index contributed by atoms with van der Waals surface area (Å²) in [6.45, 7) is 1.85. The first-order chi connectivity index (χ1) is 19.0. The highest BCUT2D eigenvalue weighted by Crippen LogP contribution is 2.35. The number of methoxy groups -OCH3 is 1. The lowest BCUT2D eigenvalue weighted by Gasteiger charge is -2.26. The molecule has 4 N–H and O–H groups in total. The van der Waals surface area contributed by atoms with Crippen LogP contribution in [0.5, 0.6) is 5.75 Å². The lowest BCUT2D eigenvalue weighted by atomic mass is 10.1. The number of anilines is 5. The standard InChI is InChI=1S/C29H32N6O4/c1-34(29(36)37)24-17-23(13-14-25(24)39-16-15-38-2)33-27-26(30)28(32-20-31-27)35(18-21-9-5-3-6-10-21)19-22-11-7-4-8-12-22/h3-14,17,20H,15-16,18-19,30H2,1-2H3,(H,36,37)(H,31,32,33). The summed E-state index contributed by atoms with van der Waals surface area (Å²) in [4.78, 5) is 23.8. The first kappa shape index (κ1) is 27.2. The number of hydrogen-bond acceptors (Lipinski definition) is 8. The van der Waals surface area contributed by atoms with Crippen molar-refractivity contribution >= 4 is 34.8 Å². The summed E-state index contributed by atoms with van der Waals surface area (Å²) in [5.74, 6) is 1.40. The first-order valence-corrected chi connectivity index (χ1v) is 12.4. The van der Waals surface area contributed by atoms with Crippen LogP contribution in [0.1, 0.15) is 11.1 Å². The molecule has 0 saturated heterocycles. The molecule has 10 nitrogen and oxygen atoms in total. The molecule has 202 valence electrons. The van der Waals surface area contributed by atoms with E-state index in [1.807, 2.05) is 36.4 Å². The van der Waals surface area contributed by atoms with Gasteiger partial charge in [-0.1, -0.05) is 60.7 Å². The maximum absolute atomic E-state index is 11.7. The summed E-state index contributed by atoms with van der Waals surface area (Å²) in [5, 5.41) is 12.8. The molecule has 1 aromatic heterocycles. The molecule has 39 heavy (non-hydrogen) atoms. The van der Waals surface area contributed by atoms with Crippen LogP contribution in [0.2, 0.25) is 0 Å². The summed E-state index contributed by atoms with van der Waals surface area (Å²) in [6.07, 6.45) is 0.342. The van der Waals surface area contributed by atoms with Crippen molar-refractivity contribution in [3.8, 4) is 5.75 Å². The Hall–Kier alpha value is -4.83. The number of ether oxygens (including phenoxy) is 2. The van der Waals surface area contributed by atoms with Crippen molar-refractivity contribution in [2.45, 2.75) is 13.1 Å². The van der Waals surface area contributed by atoms with E-state index in [9.17, 15) is 9.90 Å². The largest absolute Gasteiger partial charge is 0.489 e. The number of hydrogen-bond donors (Lipinski definition) is 3. The van der Waals surface area contributed by atoms with E-state index >= 15 is 0 Å². The first-order valence-electron chi connectivity index (χ1n) is 12.4. The molecule has 0 aliphatic rings. The van der Waals surface area contributed by atoms with Gasteiger partial charge in [0.1, 0.15) is 24.4 Å². The second-order valence-corrected chi connectivity index (χ2v) is 8.78. The van der Waals surface area contributed by atoms with Crippen molar-refractivity contribution in [1.82, 2.24) is 9.97 Å². The van der Waals surface area contributed by atoms with Crippen molar-refractivity contribution in [2.75, 3.05) is 48.2 Å². The zero-order chi connectivity index (χ0) is 27.6. The summed E-state index contributed by atoms with van der Waals surface area (Å²) < 4.78 is 10.8. The molecule has 10 heteroatoms. The zero-order valence-electron chi connectivity index (χ0n) is 21.9. The third kappa shape index (κ3) is 7.14. The number of aromatic nitrogens is 2. The maximum Gasteiger partial charge on any atom is 0.411 e. The Morgan fingerprint density at radius 1 is 0.949 bits per heavy atom. The van der Waals surface area contributed by atoms with Crippen LogP contribution in [0.25, 0.3) is 0 Å². The van der Waals surface area contributed by atoms with Gasteiger partial charge in [0.05, 0.1) is 12.3 Å². The van der Waals surface area contributed by atoms with E-state index in [0.29, 0.717) is 54.1 Å². The Balaban J connectivity index is 1.64. The molecule has 0 atom stereocenters. The Bertz CT molecular complexity index is 1330. The van der Waals surface area contributed by atoms with E-state index in [1.165, 1.54) is 13.4 Å². The fraction of sp³-hybridized carbons (Fsp3) is 0.207. The number of nitrogens with two attached hydrogens (primary N) is 1. The van der Waals surface area contributed by atoms with Crippen molar-refractivity contribution in [1.29, 1.82) is 0 Å². The average Bonchev–Trinajstić information content (AvgIpc) is 2.95. The summed E-state index contributed by atoms with van der Waals surface area (Å²) in [6, 6.07) is 25.3. The molecule has 4 rings (SSSR count). The molecular formula is C29H32N6O4. The highest BCUT2D eigenvalue weighted by Gasteiger charge is 2.19. The molecule has 0 aliphatic carbocycles. The predicted octanol–water partition coefficient (Wildman–Crippen LogP) is 5.15. The molecule has 1 amide bonds. The van der Waals surface area contributed by atoms with Crippen molar-refractivity contribution < 1.29 is 19.4 Å². The van der Waals surface area contributed by atoms with Gasteiger partial charge in [0.2, 0.25) is 0 Å². The Morgan fingerprint density at radius 2 is 1.59 bits per heavy atom. The number of benzene rings is 3. The topological polar surface area (TPSA) is 126 Å². The maximum atomic E-state index is 11.7. The van der Waals surface area contributed by atoms with Crippen LogP contribution in [0.3, 0.4) is 0 Å². The smallest absolute Gasteiger partial charge is 0.411 e. The summed E-state index contributed by atoms with van der Waals surface area (Å²) in [5.41, 5.74) is 10.2. The molecule has 3 aromatic carbocycles. The zero-order valence-corrected chi connectivity index (χ0v) is 21.9. The third-order valence-corrected chi connectivity index (χ3v) is 6.01. The normalized spacial score (nSPS) is 10.6. The number of rotatable bonds is 12. The van der Waals surface area contributed by atoms with Gasteiger partial charge in [-0.05, 0) is 29.3 Å². The average molecular weight is 529 g/mol. The van der Waals surface area contributed by atoms with Gasteiger partial charge in [-0.25, -0.2) is 14.8 Å². The molecule has 0 aliphatic heterocycles. The van der Waals surface area contributed by atoms with Gasteiger partial charge >= 0.3 is 6.09 Å². The van der Waals surface area contributed by atoms with Gasteiger partial charge in [-0.15, -0.1) is 0 Å². The highest BCUT2D eigenvalue weighted by molar-refractivity contribution is 5.89. The monoisotopic (exact) mass is 528 g/mol. The number of nitrogens with one attached hydrogen (secondary N) is 1. The summed E-state index contributed by atoms with van der Waals surface area (Å²) in [7, 11) is 3.02. The number of nitrogens with zero attached hydrogens (tertiary/aromatic N) is 4. The van der Waals surface area contributed by atoms with E-state index in [-0.39, 0.29) is 6.61 Å². The molecule has 0 fully saturated rings. The second kappa shape index (κ2) is 13.1. The van der Waals surface area contributed by atoms with E-state index in [0.717, 1.165) is 16.0 Å². The lowest BCUT2D eigenvalue weighted by Crippen LogP contribution is -2.25. The Labute approximate surface area is 227 Å². The molecule has 1 heterocycles. The number of carbonyl (C=O) groups is 1. The van der Waals surface area contributed by atoms with Gasteiger partial charge in [0.15, 0.2) is 11.6 Å². The van der Waals surface area contributed by atoms with Gasteiger partial charge in [0, 0.05) is 32.9 Å². The Kier molecular flexibility index (Phi) is 9.15. The van der Waals surface area contributed by atoms with Crippen LogP contribution in [-0.4, -0.2) is 48.5 Å². The number of nitrogen functional groups attached to an aromatic ring is 1. The molecule has 0 spiro atoms. The lowest BCUT2D eigenvalue weighted by molar-refractivity contribution is 0.146. The van der Waals surface area contributed by atoms with Gasteiger partial charge in [-0.2, -0.15) is 0 Å². The van der Waals surface area contributed by atoms with Gasteiger partial charge < -0.3 is 30.5 Å². The van der Waals surface area contributed by atoms with Crippen LogP contribution in [0.4, 0.5) is 33.5 Å². The minimum atomic E-state index is -1.12. The van der Waals surface area contributed by atoms with Crippen LogP contribution in [0, 0.1) is 0 Å². The fourth-order valence-electron chi connectivity index (χ4n) is 4.01. The van der Waals surface area contributed by atoms with Gasteiger partial charge in [-0.3, -0.25) is 4.90 Å². The van der Waals surface area contributed by atoms with E-state index in [2.05, 4.69) is 44.5 Å². The quantitative estimate of drug-likeness (QED) is 0.214. The van der Waals surface area contributed by atoms with E-state index in [1.54, 1.807) is 25.3 Å². The predicted molar refractivity (Wildman–Crippen MR) is 153 cm³/mol. The summed E-state index contributed by atoms with van der Waals surface area (Å²) >= 11 is 0.